The lowest BCUT2D eigenvalue weighted by molar-refractivity contribution is 0.0696. The Morgan fingerprint density at radius 2 is 1.94 bits per heavy atom. The molecule has 5 heteroatoms. The van der Waals surface area contributed by atoms with Crippen LogP contribution in [0.5, 0.6) is 0 Å². The van der Waals surface area contributed by atoms with Crippen LogP contribution < -0.4 is 0 Å². The number of aromatic nitrogens is 2. The third-order valence-electron chi connectivity index (χ3n) is 8.71. The molecule has 3 atom stereocenters. The number of carbonyl (C=O) groups excluding carboxylic acids is 1. The van der Waals surface area contributed by atoms with Gasteiger partial charge in [-0.3, -0.25) is 4.79 Å². The zero-order valence-electron chi connectivity index (χ0n) is 20.2. The summed E-state index contributed by atoms with van der Waals surface area (Å²) in [4.78, 5) is 20.4. The molecule has 2 aliphatic carbocycles. The summed E-state index contributed by atoms with van der Waals surface area (Å²) < 4.78 is 8.85. The van der Waals surface area contributed by atoms with Gasteiger partial charge in [0.2, 0.25) is 0 Å². The van der Waals surface area contributed by atoms with E-state index in [1.54, 1.807) is 0 Å². The summed E-state index contributed by atoms with van der Waals surface area (Å²) in [5, 5.41) is 2.23. The molecular weight excluding hydrogens is 422 g/mol. The van der Waals surface area contributed by atoms with Gasteiger partial charge in [0.15, 0.2) is 5.76 Å². The van der Waals surface area contributed by atoms with E-state index in [0.717, 1.165) is 75.7 Å². The van der Waals surface area contributed by atoms with Crippen LogP contribution in [0.25, 0.3) is 33.5 Å². The summed E-state index contributed by atoms with van der Waals surface area (Å²) in [7, 11) is 0. The maximum atomic E-state index is 13.4. The van der Waals surface area contributed by atoms with Crippen LogP contribution in [0.3, 0.4) is 0 Å². The molecule has 0 spiro atoms. The number of fused-ring (bicyclic) bond motifs is 4. The molecule has 0 N–H and O–H groups in total. The fourth-order valence-electron chi connectivity index (χ4n) is 6.47. The molecule has 5 nitrogen and oxygen atoms in total. The van der Waals surface area contributed by atoms with Crippen LogP contribution in [-0.2, 0) is 6.54 Å². The highest BCUT2D eigenvalue weighted by Gasteiger charge is 2.46. The first-order chi connectivity index (χ1) is 16.5. The van der Waals surface area contributed by atoms with Crippen molar-refractivity contribution < 1.29 is 9.21 Å². The smallest absolute Gasteiger partial charge is 0.254 e. The fourth-order valence-corrected chi connectivity index (χ4v) is 6.47. The largest absolute Gasteiger partial charge is 0.454 e. The van der Waals surface area contributed by atoms with Crippen LogP contribution in [0.2, 0.25) is 0 Å². The van der Waals surface area contributed by atoms with Crippen LogP contribution in [0.4, 0.5) is 0 Å². The molecule has 4 aromatic rings. The van der Waals surface area contributed by atoms with E-state index in [4.69, 9.17) is 9.40 Å². The van der Waals surface area contributed by atoms with Gasteiger partial charge in [-0.05, 0) is 87.6 Å². The Hall–Kier alpha value is -3.08. The molecule has 1 amide bonds. The minimum Gasteiger partial charge on any atom is -0.454 e. The van der Waals surface area contributed by atoms with E-state index in [-0.39, 0.29) is 5.91 Å². The number of likely N-dealkylation sites (tertiary alicyclic amines) is 1. The van der Waals surface area contributed by atoms with E-state index in [9.17, 15) is 4.79 Å². The minimum atomic E-state index is 0.152. The van der Waals surface area contributed by atoms with Gasteiger partial charge in [-0.15, -0.1) is 0 Å². The lowest BCUT2D eigenvalue weighted by Crippen LogP contribution is -2.38. The van der Waals surface area contributed by atoms with Gasteiger partial charge in [-0.1, -0.05) is 13.0 Å². The van der Waals surface area contributed by atoms with Crippen molar-refractivity contribution in [2.75, 3.05) is 6.54 Å². The first-order valence-corrected chi connectivity index (χ1v) is 12.8. The predicted molar refractivity (Wildman–Crippen MR) is 134 cm³/mol. The molecule has 4 heterocycles. The number of furan rings is 1. The van der Waals surface area contributed by atoms with Crippen molar-refractivity contribution in [1.82, 2.24) is 14.5 Å². The Morgan fingerprint density at radius 1 is 1.09 bits per heavy atom. The van der Waals surface area contributed by atoms with E-state index >= 15 is 0 Å². The maximum absolute atomic E-state index is 13.4. The van der Waals surface area contributed by atoms with Gasteiger partial charge in [-0.2, -0.15) is 0 Å². The molecule has 3 aliphatic rings. The second-order valence-corrected chi connectivity index (χ2v) is 10.9. The summed E-state index contributed by atoms with van der Waals surface area (Å²) in [6.45, 7) is 8.36. The van der Waals surface area contributed by atoms with Gasteiger partial charge in [0.05, 0.1) is 5.69 Å². The van der Waals surface area contributed by atoms with Gasteiger partial charge >= 0.3 is 0 Å². The number of rotatable bonds is 4. The molecule has 2 saturated carbocycles. The molecule has 3 aromatic heterocycles. The van der Waals surface area contributed by atoms with Gasteiger partial charge in [0.25, 0.3) is 5.91 Å². The van der Waals surface area contributed by atoms with Gasteiger partial charge < -0.3 is 13.9 Å². The molecule has 1 aromatic carbocycles. The molecule has 1 saturated heterocycles. The Bertz CT molecular complexity index is 1460. The van der Waals surface area contributed by atoms with Crippen LogP contribution in [-0.4, -0.2) is 32.9 Å². The number of carbonyl (C=O) groups is 1. The molecule has 0 radical (unpaired) electrons. The Balaban J connectivity index is 1.30. The molecule has 2 bridgehead atoms. The summed E-state index contributed by atoms with van der Waals surface area (Å²) in [6, 6.07) is 12.9. The van der Waals surface area contributed by atoms with Crippen molar-refractivity contribution >= 4 is 27.9 Å². The van der Waals surface area contributed by atoms with Crippen molar-refractivity contribution in [3.63, 3.8) is 0 Å². The molecule has 34 heavy (non-hydrogen) atoms. The van der Waals surface area contributed by atoms with Gasteiger partial charge in [-0.25, -0.2) is 4.98 Å². The zero-order chi connectivity index (χ0) is 23.1. The van der Waals surface area contributed by atoms with Crippen molar-refractivity contribution in [3.8, 4) is 11.5 Å². The fraction of sp³-hybridized carbons (Fsp3) is 0.448. The minimum absolute atomic E-state index is 0.152. The normalized spacial score (nSPS) is 24.1. The summed E-state index contributed by atoms with van der Waals surface area (Å²) >= 11 is 0. The monoisotopic (exact) mass is 453 g/mol. The Morgan fingerprint density at radius 3 is 2.68 bits per heavy atom. The predicted octanol–water partition coefficient (Wildman–Crippen LogP) is 6.35. The maximum Gasteiger partial charge on any atom is 0.254 e. The number of aryl methyl sites for hydroxylation is 2. The standard InChI is InChI=1S/C29H31N3O2/c1-16-4-7-20-12-25(31(28(20)30-16)14-19-5-6-19)27-18(3)23-10-8-21(13-26(23)34-27)29(33)32-15-22-9-11-24(32)17(22)2/h4,7-8,10,12-13,17,19,22,24H,5-6,9,11,14-15H2,1-3H3. The summed E-state index contributed by atoms with van der Waals surface area (Å²) in [6.07, 6.45) is 4.97. The van der Waals surface area contributed by atoms with E-state index in [1.165, 1.54) is 19.3 Å². The molecule has 1 aliphatic heterocycles. The van der Waals surface area contributed by atoms with E-state index in [0.29, 0.717) is 17.9 Å². The topological polar surface area (TPSA) is 51.3 Å². The Labute approximate surface area is 199 Å². The molecule has 174 valence electrons. The number of hydrogen-bond donors (Lipinski definition) is 0. The highest BCUT2D eigenvalue weighted by atomic mass is 16.3. The average molecular weight is 454 g/mol. The van der Waals surface area contributed by atoms with E-state index in [2.05, 4.69) is 47.6 Å². The van der Waals surface area contributed by atoms with Crippen molar-refractivity contribution in [1.29, 1.82) is 0 Å². The van der Waals surface area contributed by atoms with Crippen LogP contribution in [0.1, 0.15) is 54.2 Å². The van der Waals surface area contributed by atoms with E-state index < -0.39 is 0 Å². The number of hydrogen-bond acceptors (Lipinski definition) is 3. The van der Waals surface area contributed by atoms with Gasteiger partial charge in [0.1, 0.15) is 11.2 Å². The molecule has 3 unspecified atom stereocenters. The number of amides is 1. The Kier molecular flexibility index (Phi) is 4.31. The lowest BCUT2D eigenvalue weighted by Gasteiger charge is -2.27. The van der Waals surface area contributed by atoms with Crippen LogP contribution in [0.15, 0.2) is 40.8 Å². The van der Waals surface area contributed by atoms with E-state index in [1.807, 2.05) is 19.1 Å². The number of benzene rings is 1. The van der Waals surface area contributed by atoms with Crippen molar-refractivity contribution in [3.05, 3.63) is 53.2 Å². The first kappa shape index (κ1) is 20.3. The third kappa shape index (κ3) is 2.98. The second kappa shape index (κ2) is 7.21. The lowest BCUT2D eigenvalue weighted by atomic mass is 10.0. The SMILES string of the molecule is Cc1ccc2cc(-c3oc4cc(C(=O)N5CC6CCC5C6C)ccc4c3C)n(CC3CC3)c2n1. The van der Waals surface area contributed by atoms with Gasteiger partial charge in [0, 0.05) is 46.7 Å². The van der Waals surface area contributed by atoms with Crippen molar-refractivity contribution in [2.45, 2.75) is 59.0 Å². The number of piperidine rings is 1. The van der Waals surface area contributed by atoms with Crippen LogP contribution in [0, 0.1) is 31.6 Å². The third-order valence-corrected chi connectivity index (χ3v) is 8.71. The highest BCUT2D eigenvalue weighted by Crippen LogP contribution is 2.43. The molecule has 7 rings (SSSR count). The summed E-state index contributed by atoms with van der Waals surface area (Å²) in [5.74, 6) is 3.06. The highest BCUT2D eigenvalue weighted by molar-refractivity contribution is 5.99. The number of pyridine rings is 1. The zero-order valence-corrected chi connectivity index (χ0v) is 20.2. The molecular formula is C29H31N3O2. The molecule has 3 fully saturated rings. The quantitative estimate of drug-likeness (QED) is 0.362. The number of nitrogens with zero attached hydrogens (tertiary/aromatic N) is 3. The average Bonchev–Trinajstić information content (AvgIpc) is 3.26. The first-order valence-electron chi connectivity index (χ1n) is 12.8. The van der Waals surface area contributed by atoms with Crippen LogP contribution >= 0.6 is 0 Å². The van der Waals surface area contributed by atoms with Crippen molar-refractivity contribution in [2.24, 2.45) is 17.8 Å². The second-order valence-electron chi connectivity index (χ2n) is 10.9. The summed E-state index contributed by atoms with van der Waals surface area (Å²) in [5.41, 5.74) is 5.82.